The molecule has 1 fully saturated rings. The third-order valence-electron chi connectivity index (χ3n) is 5.16. The molecule has 1 saturated heterocycles. The molecule has 2 aromatic heterocycles. The van der Waals surface area contributed by atoms with Gasteiger partial charge in [-0.15, -0.1) is 0 Å². The fourth-order valence-electron chi connectivity index (χ4n) is 3.85. The van der Waals surface area contributed by atoms with Crippen molar-refractivity contribution in [1.82, 2.24) is 10.3 Å². The first kappa shape index (κ1) is 21.3. The fraction of sp³-hybridized carbons (Fsp3) is 0.318. The largest absolute Gasteiger partial charge is 0.461 e. The average Bonchev–Trinajstić information content (AvgIpc) is 3.13. The number of nitrogens with zero attached hydrogens (tertiary/aromatic N) is 2. The summed E-state index contributed by atoms with van der Waals surface area (Å²) >= 11 is 0. The van der Waals surface area contributed by atoms with E-state index in [9.17, 15) is 12.8 Å². The minimum absolute atomic E-state index is 0.174. The molecule has 9 heteroatoms. The predicted octanol–water partition coefficient (Wildman–Crippen LogP) is 3.78. The zero-order valence-electron chi connectivity index (χ0n) is 17.6. The number of pyridine rings is 1. The standard InChI is InChI=1S/C22H25FN4O3S/c1-14-12-27(13-15(2)25-14)18-8-17(10-24-11-18)26-31(28,29)19-5-6-20(21(23)9-19)22-7-4-16(3)30-22/h4-11,14-15,25-26H,12-13H2,1-3H3/t14-,15+. The maximum atomic E-state index is 14.6. The van der Waals surface area contributed by atoms with Gasteiger partial charge in [0.15, 0.2) is 0 Å². The van der Waals surface area contributed by atoms with Gasteiger partial charge in [0.05, 0.1) is 34.2 Å². The van der Waals surface area contributed by atoms with Crippen molar-refractivity contribution < 1.29 is 17.2 Å². The lowest BCUT2D eigenvalue weighted by Crippen LogP contribution is -2.54. The lowest BCUT2D eigenvalue weighted by Gasteiger charge is -2.37. The van der Waals surface area contributed by atoms with Crippen molar-refractivity contribution in [1.29, 1.82) is 0 Å². The second-order valence-corrected chi connectivity index (χ2v) is 9.65. The van der Waals surface area contributed by atoms with E-state index in [1.807, 2.05) is 0 Å². The number of hydrogen-bond donors (Lipinski definition) is 2. The summed E-state index contributed by atoms with van der Waals surface area (Å²) in [5, 5.41) is 3.46. The molecule has 1 aliphatic rings. The molecule has 1 aliphatic heterocycles. The zero-order chi connectivity index (χ0) is 22.2. The van der Waals surface area contributed by atoms with Crippen LogP contribution in [0.5, 0.6) is 0 Å². The molecular formula is C22H25FN4O3S. The van der Waals surface area contributed by atoms with Crippen LogP contribution in [0.4, 0.5) is 15.8 Å². The molecule has 31 heavy (non-hydrogen) atoms. The van der Waals surface area contributed by atoms with Crippen LogP contribution in [0.25, 0.3) is 11.3 Å². The van der Waals surface area contributed by atoms with Crippen LogP contribution in [-0.2, 0) is 10.0 Å². The number of benzene rings is 1. The third kappa shape index (κ3) is 4.72. The number of sulfonamides is 1. The molecule has 3 heterocycles. The Balaban J connectivity index is 1.56. The van der Waals surface area contributed by atoms with E-state index < -0.39 is 15.8 Å². The lowest BCUT2D eigenvalue weighted by molar-refractivity contribution is 0.407. The molecule has 0 saturated carbocycles. The highest BCUT2D eigenvalue weighted by molar-refractivity contribution is 7.92. The fourth-order valence-corrected chi connectivity index (χ4v) is 4.90. The average molecular weight is 445 g/mol. The van der Waals surface area contributed by atoms with Gasteiger partial charge in [-0.3, -0.25) is 9.71 Å². The summed E-state index contributed by atoms with van der Waals surface area (Å²) in [6.45, 7) is 7.55. The highest BCUT2D eigenvalue weighted by Crippen LogP contribution is 2.28. The van der Waals surface area contributed by atoms with Gasteiger partial charge in [-0.1, -0.05) is 0 Å². The number of aromatic nitrogens is 1. The van der Waals surface area contributed by atoms with Crippen molar-refractivity contribution in [2.45, 2.75) is 37.8 Å². The highest BCUT2D eigenvalue weighted by atomic mass is 32.2. The van der Waals surface area contributed by atoms with E-state index in [0.29, 0.717) is 29.3 Å². The van der Waals surface area contributed by atoms with E-state index in [-0.39, 0.29) is 10.5 Å². The summed E-state index contributed by atoms with van der Waals surface area (Å²) in [5.74, 6) is 0.324. The number of furan rings is 1. The first-order chi connectivity index (χ1) is 14.7. The lowest BCUT2D eigenvalue weighted by atomic mass is 10.1. The van der Waals surface area contributed by atoms with Crippen LogP contribution in [-0.4, -0.2) is 38.6 Å². The maximum absolute atomic E-state index is 14.6. The Hall–Kier alpha value is -2.91. The SMILES string of the molecule is Cc1ccc(-c2ccc(S(=O)(=O)Nc3cncc(N4C[C@@H](C)N[C@@H](C)C4)c3)cc2F)o1. The zero-order valence-corrected chi connectivity index (χ0v) is 18.4. The van der Waals surface area contributed by atoms with E-state index in [4.69, 9.17) is 4.42 Å². The van der Waals surface area contributed by atoms with Gasteiger partial charge in [-0.25, -0.2) is 12.8 Å². The van der Waals surface area contributed by atoms with Crippen molar-refractivity contribution >= 4 is 21.4 Å². The first-order valence-corrected chi connectivity index (χ1v) is 11.5. The molecule has 164 valence electrons. The van der Waals surface area contributed by atoms with Crippen molar-refractivity contribution in [3.05, 3.63) is 60.4 Å². The molecule has 0 radical (unpaired) electrons. The molecule has 7 nitrogen and oxygen atoms in total. The van der Waals surface area contributed by atoms with Gasteiger partial charge in [-0.2, -0.15) is 0 Å². The van der Waals surface area contributed by atoms with Crippen LogP contribution >= 0.6 is 0 Å². The van der Waals surface area contributed by atoms with Crippen LogP contribution < -0.4 is 14.9 Å². The molecule has 0 amide bonds. The van der Waals surface area contributed by atoms with Gasteiger partial charge < -0.3 is 14.6 Å². The molecule has 2 atom stereocenters. The molecule has 3 aromatic rings. The number of rotatable bonds is 5. The van der Waals surface area contributed by atoms with Gasteiger partial charge in [0.2, 0.25) is 0 Å². The minimum Gasteiger partial charge on any atom is -0.461 e. The van der Waals surface area contributed by atoms with Crippen molar-refractivity contribution in [2.75, 3.05) is 22.7 Å². The molecule has 2 N–H and O–H groups in total. The molecule has 0 spiro atoms. The van der Waals surface area contributed by atoms with Gasteiger partial charge >= 0.3 is 0 Å². The van der Waals surface area contributed by atoms with Crippen LogP contribution in [0.2, 0.25) is 0 Å². The molecule has 0 unspecified atom stereocenters. The molecule has 0 aliphatic carbocycles. The number of hydrogen-bond acceptors (Lipinski definition) is 6. The quantitative estimate of drug-likeness (QED) is 0.623. The van der Waals surface area contributed by atoms with Gasteiger partial charge in [-0.05, 0) is 57.2 Å². The van der Waals surface area contributed by atoms with E-state index in [1.165, 1.54) is 18.3 Å². The number of halogens is 1. The summed E-state index contributed by atoms with van der Waals surface area (Å²) in [7, 11) is -3.99. The maximum Gasteiger partial charge on any atom is 0.262 e. The Morgan fingerprint density at radius 2 is 1.87 bits per heavy atom. The monoisotopic (exact) mass is 444 g/mol. The van der Waals surface area contributed by atoms with Crippen LogP contribution in [0.1, 0.15) is 19.6 Å². The Morgan fingerprint density at radius 1 is 1.13 bits per heavy atom. The minimum atomic E-state index is -3.99. The van der Waals surface area contributed by atoms with Crippen molar-refractivity contribution in [2.24, 2.45) is 0 Å². The normalized spacial score (nSPS) is 19.4. The molecular weight excluding hydrogens is 419 g/mol. The van der Waals surface area contributed by atoms with E-state index in [1.54, 1.807) is 31.3 Å². The molecule has 4 rings (SSSR count). The third-order valence-corrected chi connectivity index (χ3v) is 6.53. The van der Waals surface area contributed by atoms with Crippen LogP contribution in [0, 0.1) is 12.7 Å². The Kier molecular flexibility index (Phi) is 5.72. The smallest absolute Gasteiger partial charge is 0.262 e. The predicted molar refractivity (Wildman–Crippen MR) is 118 cm³/mol. The van der Waals surface area contributed by atoms with Crippen LogP contribution in [0.15, 0.2) is 58.1 Å². The van der Waals surface area contributed by atoms with E-state index in [2.05, 4.69) is 33.8 Å². The second-order valence-electron chi connectivity index (χ2n) is 7.96. The summed E-state index contributed by atoms with van der Waals surface area (Å²) in [6, 6.07) is 9.48. The summed E-state index contributed by atoms with van der Waals surface area (Å²) in [6.07, 6.45) is 3.15. The summed E-state index contributed by atoms with van der Waals surface area (Å²) in [4.78, 5) is 6.17. The Labute approximate surface area is 181 Å². The number of piperazine rings is 1. The van der Waals surface area contributed by atoms with Gasteiger partial charge in [0.1, 0.15) is 17.3 Å². The van der Waals surface area contributed by atoms with Crippen LogP contribution in [0.3, 0.4) is 0 Å². The number of nitrogens with one attached hydrogen (secondary N) is 2. The number of anilines is 2. The van der Waals surface area contributed by atoms with Gasteiger partial charge in [0, 0.05) is 25.2 Å². The second kappa shape index (κ2) is 8.32. The van der Waals surface area contributed by atoms with Crippen molar-refractivity contribution in [3.63, 3.8) is 0 Å². The topological polar surface area (TPSA) is 87.5 Å². The van der Waals surface area contributed by atoms with E-state index in [0.717, 1.165) is 24.8 Å². The highest BCUT2D eigenvalue weighted by Gasteiger charge is 2.23. The Morgan fingerprint density at radius 3 is 2.52 bits per heavy atom. The van der Waals surface area contributed by atoms with Crippen molar-refractivity contribution in [3.8, 4) is 11.3 Å². The summed E-state index contributed by atoms with van der Waals surface area (Å²) in [5.41, 5.74) is 1.36. The Bertz CT molecular complexity index is 1180. The van der Waals surface area contributed by atoms with Gasteiger partial charge in [0.25, 0.3) is 10.0 Å². The summed E-state index contributed by atoms with van der Waals surface area (Å²) < 4.78 is 48.2. The first-order valence-electron chi connectivity index (χ1n) is 10.1. The molecule has 1 aromatic carbocycles. The number of aryl methyl sites for hydroxylation is 1. The molecule has 0 bridgehead atoms. The van der Waals surface area contributed by atoms with E-state index >= 15 is 0 Å².